The highest BCUT2D eigenvalue weighted by molar-refractivity contribution is 9.10. The highest BCUT2D eigenvalue weighted by Gasteiger charge is 2.11. The van der Waals surface area contributed by atoms with Gasteiger partial charge in [0.1, 0.15) is 5.75 Å². The molecule has 0 fully saturated rings. The molecule has 20 heavy (non-hydrogen) atoms. The van der Waals surface area contributed by atoms with Crippen molar-refractivity contribution in [3.05, 3.63) is 46.2 Å². The summed E-state index contributed by atoms with van der Waals surface area (Å²) in [5, 5.41) is 0. The fourth-order valence-electron chi connectivity index (χ4n) is 1.71. The maximum absolute atomic E-state index is 13.6. The van der Waals surface area contributed by atoms with E-state index in [-0.39, 0.29) is 11.4 Å². The summed E-state index contributed by atoms with van der Waals surface area (Å²) < 4.78 is 25.5. The number of hydrogen-bond acceptors (Lipinski definition) is 3. The molecule has 0 atom stereocenters. The average molecular weight is 340 g/mol. The van der Waals surface area contributed by atoms with E-state index in [1.54, 1.807) is 13.0 Å². The summed E-state index contributed by atoms with van der Waals surface area (Å²) in [6.45, 7) is 4.11. The first-order valence-corrected chi connectivity index (χ1v) is 6.96. The van der Waals surface area contributed by atoms with Gasteiger partial charge in [0.05, 0.1) is 12.3 Å². The van der Waals surface area contributed by atoms with E-state index >= 15 is 0 Å². The van der Waals surface area contributed by atoms with E-state index in [4.69, 9.17) is 15.2 Å². The number of nitrogen functional groups attached to an aromatic ring is 1. The van der Waals surface area contributed by atoms with Gasteiger partial charge < -0.3 is 15.2 Å². The van der Waals surface area contributed by atoms with Gasteiger partial charge in [-0.2, -0.15) is 0 Å². The van der Waals surface area contributed by atoms with Crippen molar-refractivity contribution in [3.63, 3.8) is 0 Å². The molecule has 0 saturated carbocycles. The zero-order chi connectivity index (χ0) is 14.7. The maximum Gasteiger partial charge on any atom is 0.167 e. The van der Waals surface area contributed by atoms with Crippen LogP contribution in [-0.4, -0.2) is 6.61 Å². The quantitative estimate of drug-likeness (QED) is 0.823. The van der Waals surface area contributed by atoms with Crippen molar-refractivity contribution in [2.45, 2.75) is 13.8 Å². The second kappa shape index (κ2) is 6.13. The molecule has 0 saturated heterocycles. The molecule has 0 unspecified atom stereocenters. The highest BCUT2D eigenvalue weighted by Crippen LogP contribution is 2.34. The zero-order valence-electron chi connectivity index (χ0n) is 11.2. The van der Waals surface area contributed by atoms with Gasteiger partial charge in [0.2, 0.25) is 0 Å². The number of nitrogens with two attached hydrogens (primary N) is 1. The molecule has 0 amide bonds. The van der Waals surface area contributed by atoms with Crippen molar-refractivity contribution in [1.29, 1.82) is 0 Å². The number of benzene rings is 2. The minimum absolute atomic E-state index is 0.130. The summed E-state index contributed by atoms with van der Waals surface area (Å²) in [5.41, 5.74) is 7.04. The van der Waals surface area contributed by atoms with Crippen LogP contribution < -0.4 is 15.2 Å². The molecule has 0 aliphatic heterocycles. The Hall–Kier alpha value is -1.75. The second-order valence-corrected chi connectivity index (χ2v) is 5.12. The average Bonchev–Trinajstić information content (AvgIpc) is 2.39. The maximum atomic E-state index is 13.6. The normalized spacial score (nSPS) is 10.4. The van der Waals surface area contributed by atoms with Gasteiger partial charge in [-0.25, -0.2) is 4.39 Å². The van der Waals surface area contributed by atoms with Crippen molar-refractivity contribution in [3.8, 4) is 17.2 Å². The number of ether oxygens (including phenoxy) is 2. The van der Waals surface area contributed by atoms with Crippen LogP contribution in [0.2, 0.25) is 0 Å². The summed E-state index contributed by atoms with van der Waals surface area (Å²) in [7, 11) is 0. The summed E-state index contributed by atoms with van der Waals surface area (Å²) in [6, 6.07) is 8.22. The molecular weight excluding hydrogens is 325 g/mol. The van der Waals surface area contributed by atoms with Crippen LogP contribution in [0.3, 0.4) is 0 Å². The van der Waals surface area contributed by atoms with Crippen LogP contribution in [0.5, 0.6) is 17.2 Å². The smallest absolute Gasteiger partial charge is 0.167 e. The Kier molecular flexibility index (Phi) is 4.49. The van der Waals surface area contributed by atoms with Crippen molar-refractivity contribution < 1.29 is 13.9 Å². The summed E-state index contributed by atoms with van der Waals surface area (Å²) in [6.07, 6.45) is 0. The van der Waals surface area contributed by atoms with Crippen LogP contribution in [0.1, 0.15) is 12.5 Å². The monoisotopic (exact) mass is 339 g/mol. The van der Waals surface area contributed by atoms with E-state index in [0.717, 1.165) is 10.0 Å². The first-order valence-electron chi connectivity index (χ1n) is 6.17. The van der Waals surface area contributed by atoms with Crippen LogP contribution >= 0.6 is 15.9 Å². The number of hydrogen-bond donors (Lipinski definition) is 1. The van der Waals surface area contributed by atoms with E-state index in [0.29, 0.717) is 18.1 Å². The number of rotatable bonds is 4. The Morgan fingerprint density at radius 3 is 2.60 bits per heavy atom. The van der Waals surface area contributed by atoms with Gasteiger partial charge in [0.25, 0.3) is 0 Å². The second-order valence-electron chi connectivity index (χ2n) is 4.27. The Labute approximate surface area is 125 Å². The lowest BCUT2D eigenvalue weighted by Crippen LogP contribution is -1.99. The predicted octanol–water partition coefficient (Wildman–Crippen LogP) is 4.67. The van der Waals surface area contributed by atoms with Crippen LogP contribution in [0.15, 0.2) is 34.8 Å². The Morgan fingerprint density at radius 2 is 1.95 bits per heavy atom. The van der Waals surface area contributed by atoms with E-state index in [9.17, 15) is 4.39 Å². The van der Waals surface area contributed by atoms with E-state index in [2.05, 4.69) is 15.9 Å². The molecule has 0 radical (unpaired) electrons. The standard InChI is InChI=1S/C15H15BrFNO2/c1-3-19-14-8-15(13(18)7-12(14)17)20-10-4-5-11(16)9(2)6-10/h4-8H,3,18H2,1-2H3. The zero-order valence-corrected chi connectivity index (χ0v) is 12.8. The van der Waals surface area contributed by atoms with Crippen LogP contribution in [-0.2, 0) is 0 Å². The van der Waals surface area contributed by atoms with Gasteiger partial charge in [-0.3, -0.25) is 0 Å². The minimum atomic E-state index is -0.497. The molecular formula is C15H15BrFNO2. The lowest BCUT2D eigenvalue weighted by Gasteiger charge is -2.12. The Morgan fingerprint density at radius 1 is 1.20 bits per heavy atom. The largest absolute Gasteiger partial charge is 0.491 e. The Bertz CT molecular complexity index is 632. The molecule has 5 heteroatoms. The van der Waals surface area contributed by atoms with Crippen molar-refractivity contribution in [1.82, 2.24) is 0 Å². The molecule has 2 N–H and O–H groups in total. The van der Waals surface area contributed by atoms with Crippen LogP contribution in [0, 0.1) is 12.7 Å². The Balaban J connectivity index is 2.32. The van der Waals surface area contributed by atoms with Crippen molar-refractivity contribution in [2.24, 2.45) is 0 Å². The molecule has 0 spiro atoms. The minimum Gasteiger partial charge on any atom is -0.491 e. The predicted molar refractivity (Wildman–Crippen MR) is 80.9 cm³/mol. The summed E-state index contributed by atoms with van der Waals surface area (Å²) in [4.78, 5) is 0. The van der Waals surface area contributed by atoms with Crippen LogP contribution in [0.25, 0.3) is 0 Å². The van der Waals surface area contributed by atoms with Gasteiger partial charge >= 0.3 is 0 Å². The van der Waals surface area contributed by atoms with Gasteiger partial charge in [0, 0.05) is 16.6 Å². The first-order chi connectivity index (χ1) is 9.51. The molecule has 0 aromatic heterocycles. The fraction of sp³-hybridized carbons (Fsp3) is 0.200. The molecule has 2 rings (SSSR count). The topological polar surface area (TPSA) is 44.5 Å². The lowest BCUT2D eigenvalue weighted by molar-refractivity contribution is 0.319. The summed E-state index contributed by atoms with van der Waals surface area (Å²) in [5.74, 6) is 0.636. The molecule has 0 heterocycles. The molecule has 2 aromatic carbocycles. The highest BCUT2D eigenvalue weighted by atomic mass is 79.9. The van der Waals surface area contributed by atoms with Crippen LogP contribution in [0.4, 0.5) is 10.1 Å². The molecule has 0 aliphatic rings. The SMILES string of the molecule is CCOc1cc(Oc2ccc(Br)c(C)c2)c(N)cc1F. The number of aryl methyl sites for hydroxylation is 1. The van der Waals surface area contributed by atoms with E-state index in [1.165, 1.54) is 12.1 Å². The number of halogens is 2. The lowest BCUT2D eigenvalue weighted by atomic mass is 10.2. The van der Waals surface area contributed by atoms with Crippen molar-refractivity contribution >= 4 is 21.6 Å². The van der Waals surface area contributed by atoms with Gasteiger partial charge in [-0.15, -0.1) is 0 Å². The number of anilines is 1. The molecule has 106 valence electrons. The molecule has 0 aliphatic carbocycles. The third kappa shape index (κ3) is 3.22. The molecule has 3 nitrogen and oxygen atoms in total. The van der Waals surface area contributed by atoms with E-state index in [1.807, 2.05) is 19.1 Å². The van der Waals surface area contributed by atoms with Gasteiger partial charge in [-0.05, 0) is 37.6 Å². The van der Waals surface area contributed by atoms with Gasteiger partial charge in [-0.1, -0.05) is 15.9 Å². The van der Waals surface area contributed by atoms with E-state index < -0.39 is 5.82 Å². The molecule has 0 bridgehead atoms. The third-order valence-electron chi connectivity index (χ3n) is 2.72. The first kappa shape index (κ1) is 14.7. The van der Waals surface area contributed by atoms with Gasteiger partial charge in [0.15, 0.2) is 17.3 Å². The summed E-state index contributed by atoms with van der Waals surface area (Å²) >= 11 is 3.42. The fourth-order valence-corrected chi connectivity index (χ4v) is 1.96. The third-order valence-corrected chi connectivity index (χ3v) is 3.61. The molecule has 2 aromatic rings. The van der Waals surface area contributed by atoms with Crippen molar-refractivity contribution in [2.75, 3.05) is 12.3 Å².